The molecule has 8 heteroatoms. The third kappa shape index (κ3) is 4.55. The summed E-state index contributed by atoms with van der Waals surface area (Å²) in [6, 6.07) is 8.08. The fourth-order valence-electron chi connectivity index (χ4n) is 4.85. The van der Waals surface area contributed by atoms with E-state index in [4.69, 9.17) is 16.3 Å². The number of halogens is 1. The number of hydrogen-bond acceptors (Lipinski definition) is 7. The molecule has 5 rings (SSSR count). The van der Waals surface area contributed by atoms with Crippen LogP contribution in [0, 0.1) is 12.8 Å². The Hall–Kier alpha value is -2.32. The zero-order chi connectivity index (χ0) is 22.9. The van der Waals surface area contributed by atoms with Crippen LogP contribution in [0.3, 0.4) is 0 Å². The van der Waals surface area contributed by atoms with Crippen LogP contribution in [0.25, 0.3) is 0 Å². The van der Waals surface area contributed by atoms with Gasteiger partial charge in [-0.2, -0.15) is 0 Å². The number of aliphatic hydroxyl groups excluding tert-OH is 1. The van der Waals surface area contributed by atoms with Crippen LogP contribution in [0.1, 0.15) is 62.2 Å². The lowest BCUT2D eigenvalue weighted by atomic mass is 9.93. The Labute approximate surface area is 202 Å². The fourth-order valence-corrected chi connectivity index (χ4v) is 6.03. The molecule has 0 spiro atoms. The lowest BCUT2D eigenvalue weighted by molar-refractivity contribution is 0.0697. The van der Waals surface area contributed by atoms with E-state index in [1.165, 1.54) is 23.2 Å². The van der Waals surface area contributed by atoms with Crippen LogP contribution in [-0.4, -0.2) is 40.1 Å². The van der Waals surface area contributed by atoms with Crippen molar-refractivity contribution in [2.75, 3.05) is 18.5 Å². The molecule has 1 fully saturated rings. The Bertz CT molecular complexity index is 1180. The van der Waals surface area contributed by atoms with Gasteiger partial charge in [-0.05, 0) is 73.4 Å². The van der Waals surface area contributed by atoms with Crippen molar-refractivity contribution in [1.29, 1.82) is 0 Å². The standard InChI is InChI=1S/C25H26ClN3O3S/c1-14-19(24-20-9-17(26)4-3-16(20)6-7-32-24)10-22(33-14)23(31)21-11-27-13-28-25(21)29-18-5-2-15(8-18)12-30/h3-4,9-11,13,15,18,24,30H,2,5-8,12H2,1H3,(H,27,28,29)/t15-,18+,24+/m1/s1. The topological polar surface area (TPSA) is 84.3 Å². The van der Waals surface area contributed by atoms with E-state index in [0.717, 1.165) is 41.7 Å². The Kier molecular flexibility index (Phi) is 6.47. The van der Waals surface area contributed by atoms with Gasteiger partial charge in [-0.1, -0.05) is 17.7 Å². The average Bonchev–Trinajstić information content (AvgIpc) is 3.45. The second-order valence-corrected chi connectivity index (χ2v) is 10.5. The third-order valence-electron chi connectivity index (χ3n) is 6.61. The number of thiophene rings is 1. The number of aliphatic hydroxyl groups is 1. The highest BCUT2D eigenvalue weighted by Gasteiger charge is 2.29. The van der Waals surface area contributed by atoms with Gasteiger partial charge in [-0.3, -0.25) is 4.79 Å². The van der Waals surface area contributed by atoms with E-state index in [1.807, 2.05) is 25.1 Å². The van der Waals surface area contributed by atoms with Crippen molar-refractivity contribution in [3.63, 3.8) is 0 Å². The van der Waals surface area contributed by atoms with E-state index in [1.54, 1.807) is 6.20 Å². The minimum atomic E-state index is -0.233. The first-order valence-corrected chi connectivity index (χ1v) is 12.4. The number of ether oxygens (including phenoxy) is 1. The van der Waals surface area contributed by atoms with E-state index in [9.17, 15) is 9.90 Å². The number of nitrogens with one attached hydrogen (secondary N) is 1. The predicted molar refractivity (Wildman–Crippen MR) is 129 cm³/mol. The van der Waals surface area contributed by atoms with Crippen LogP contribution in [0.2, 0.25) is 5.02 Å². The molecular formula is C25H26ClN3O3S. The lowest BCUT2D eigenvalue weighted by Crippen LogP contribution is -2.19. The molecule has 3 atom stereocenters. The molecule has 2 N–H and O–H groups in total. The SMILES string of the molecule is Cc1sc(C(=O)c2cncnc2N[C@H]2CC[C@@H](CO)C2)cc1[C@@H]1OCCc2ccc(Cl)cc21. The maximum Gasteiger partial charge on any atom is 0.208 e. The normalized spacial score (nSPS) is 22.2. The van der Waals surface area contributed by atoms with Crippen LogP contribution in [0.15, 0.2) is 36.8 Å². The van der Waals surface area contributed by atoms with Gasteiger partial charge in [-0.15, -0.1) is 11.3 Å². The van der Waals surface area contributed by atoms with Gasteiger partial charge in [0.05, 0.1) is 17.0 Å². The molecule has 0 unspecified atom stereocenters. The molecule has 1 aliphatic carbocycles. The molecule has 0 bridgehead atoms. The molecule has 2 aromatic heterocycles. The van der Waals surface area contributed by atoms with Gasteiger partial charge in [0.15, 0.2) is 0 Å². The summed E-state index contributed by atoms with van der Waals surface area (Å²) in [5.74, 6) is 0.756. The Morgan fingerprint density at radius 2 is 2.18 bits per heavy atom. The number of aryl methyl sites for hydroxylation is 1. The second kappa shape index (κ2) is 9.50. The number of fused-ring (bicyclic) bond motifs is 1. The maximum atomic E-state index is 13.5. The minimum Gasteiger partial charge on any atom is -0.396 e. The summed E-state index contributed by atoms with van der Waals surface area (Å²) in [6.45, 7) is 2.85. The third-order valence-corrected chi connectivity index (χ3v) is 7.91. The van der Waals surface area contributed by atoms with Gasteiger partial charge in [-0.25, -0.2) is 9.97 Å². The smallest absolute Gasteiger partial charge is 0.208 e. The van der Waals surface area contributed by atoms with Crippen LogP contribution >= 0.6 is 22.9 Å². The molecule has 0 amide bonds. The summed E-state index contributed by atoms with van der Waals surface area (Å²) in [7, 11) is 0. The summed E-state index contributed by atoms with van der Waals surface area (Å²) >= 11 is 7.73. The summed E-state index contributed by atoms with van der Waals surface area (Å²) in [5, 5.41) is 13.5. The van der Waals surface area contributed by atoms with E-state index in [-0.39, 0.29) is 24.5 Å². The number of nitrogens with zero attached hydrogens (tertiary/aromatic N) is 2. The molecule has 0 radical (unpaired) electrons. The Morgan fingerprint density at radius 3 is 3.00 bits per heavy atom. The van der Waals surface area contributed by atoms with E-state index >= 15 is 0 Å². The number of benzene rings is 1. The van der Waals surface area contributed by atoms with Crippen molar-refractivity contribution < 1.29 is 14.6 Å². The van der Waals surface area contributed by atoms with Gasteiger partial charge < -0.3 is 15.2 Å². The first-order valence-electron chi connectivity index (χ1n) is 11.3. The van der Waals surface area contributed by atoms with Gasteiger partial charge in [0, 0.05) is 28.7 Å². The van der Waals surface area contributed by atoms with Gasteiger partial charge in [0.1, 0.15) is 18.2 Å². The van der Waals surface area contributed by atoms with E-state index in [0.29, 0.717) is 33.8 Å². The van der Waals surface area contributed by atoms with E-state index in [2.05, 4.69) is 21.4 Å². The maximum absolute atomic E-state index is 13.5. The first-order chi connectivity index (χ1) is 16.0. The van der Waals surface area contributed by atoms with Crippen molar-refractivity contribution in [3.05, 3.63) is 73.8 Å². The number of hydrogen-bond donors (Lipinski definition) is 2. The van der Waals surface area contributed by atoms with Gasteiger partial charge in [0.2, 0.25) is 5.78 Å². The molecule has 3 heterocycles. The largest absolute Gasteiger partial charge is 0.396 e. The molecule has 1 aromatic carbocycles. The van der Waals surface area contributed by atoms with E-state index < -0.39 is 0 Å². The van der Waals surface area contributed by atoms with Crippen molar-refractivity contribution in [1.82, 2.24) is 9.97 Å². The highest BCUT2D eigenvalue weighted by atomic mass is 35.5. The monoisotopic (exact) mass is 483 g/mol. The van der Waals surface area contributed by atoms with Crippen molar-refractivity contribution in [2.24, 2.45) is 5.92 Å². The summed E-state index contributed by atoms with van der Waals surface area (Å²) in [5.41, 5.74) is 3.76. The van der Waals surface area contributed by atoms with Crippen LogP contribution < -0.4 is 5.32 Å². The number of anilines is 1. The summed E-state index contributed by atoms with van der Waals surface area (Å²) in [6.07, 6.45) is 6.46. The number of carbonyl (C=O) groups excluding carboxylic acids is 1. The highest BCUT2D eigenvalue weighted by Crippen LogP contribution is 2.39. The number of carbonyl (C=O) groups is 1. The summed E-state index contributed by atoms with van der Waals surface area (Å²) in [4.78, 5) is 23.6. The lowest BCUT2D eigenvalue weighted by Gasteiger charge is -2.26. The number of rotatable bonds is 6. The van der Waals surface area contributed by atoms with Gasteiger partial charge >= 0.3 is 0 Å². The van der Waals surface area contributed by atoms with Crippen molar-refractivity contribution in [3.8, 4) is 0 Å². The van der Waals surface area contributed by atoms with Crippen molar-refractivity contribution >= 4 is 34.5 Å². The number of ketones is 1. The molecule has 33 heavy (non-hydrogen) atoms. The zero-order valence-electron chi connectivity index (χ0n) is 18.4. The minimum absolute atomic E-state index is 0.101. The highest BCUT2D eigenvalue weighted by molar-refractivity contribution is 7.14. The van der Waals surface area contributed by atoms with Crippen LogP contribution in [0.5, 0.6) is 0 Å². The van der Waals surface area contributed by atoms with Crippen LogP contribution in [-0.2, 0) is 11.2 Å². The fraction of sp³-hybridized carbons (Fsp3) is 0.400. The molecule has 172 valence electrons. The molecular weight excluding hydrogens is 458 g/mol. The Balaban J connectivity index is 1.42. The summed E-state index contributed by atoms with van der Waals surface area (Å²) < 4.78 is 6.14. The zero-order valence-corrected chi connectivity index (χ0v) is 20.0. The predicted octanol–water partition coefficient (Wildman–Crippen LogP) is 4.97. The molecule has 0 saturated heterocycles. The average molecular weight is 484 g/mol. The molecule has 1 aliphatic heterocycles. The molecule has 6 nitrogen and oxygen atoms in total. The number of aromatic nitrogens is 2. The molecule has 2 aliphatic rings. The Morgan fingerprint density at radius 1 is 1.30 bits per heavy atom. The first kappa shape index (κ1) is 22.5. The second-order valence-electron chi connectivity index (χ2n) is 8.78. The molecule has 1 saturated carbocycles. The van der Waals surface area contributed by atoms with Gasteiger partial charge in [0.25, 0.3) is 0 Å². The molecule has 3 aromatic rings. The quantitative estimate of drug-likeness (QED) is 0.482. The van der Waals surface area contributed by atoms with Crippen molar-refractivity contribution in [2.45, 2.75) is 44.8 Å². The van der Waals surface area contributed by atoms with Crippen LogP contribution in [0.4, 0.5) is 5.82 Å².